The van der Waals surface area contributed by atoms with Crippen LogP contribution in [-0.2, 0) is 11.2 Å². The number of ether oxygens (including phenoxy) is 1. The van der Waals surface area contributed by atoms with Crippen LogP contribution in [0.5, 0.6) is 0 Å². The van der Waals surface area contributed by atoms with Crippen LogP contribution in [-0.4, -0.2) is 23.5 Å². The Balaban J connectivity index is 2.45. The lowest BCUT2D eigenvalue weighted by Crippen LogP contribution is -2.13. The summed E-state index contributed by atoms with van der Waals surface area (Å²) in [5.74, 6) is -0.674. The Labute approximate surface area is 153 Å². The molecule has 7 nitrogen and oxygen atoms in total. The number of aromatic nitrogens is 1. The zero-order chi connectivity index (χ0) is 18.8. The molecule has 0 aliphatic heterocycles. The van der Waals surface area contributed by atoms with Crippen LogP contribution in [0, 0.1) is 0 Å². The van der Waals surface area contributed by atoms with Crippen molar-refractivity contribution in [2.75, 3.05) is 12.3 Å². The molecule has 0 aliphatic carbocycles. The second kappa shape index (κ2) is 7.17. The second-order valence-corrected chi connectivity index (χ2v) is 6.64. The smallest absolute Gasteiger partial charge is 0.340 e. The fourth-order valence-electron chi connectivity index (χ4n) is 2.89. The molecule has 1 amide bonds. The quantitative estimate of drug-likeness (QED) is 0.639. The summed E-state index contributed by atoms with van der Waals surface area (Å²) in [5, 5.41) is 0.488. The molecule has 3 rings (SSSR count). The summed E-state index contributed by atoms with van der Waals surface area (Å²) < 4.78 is 10.8. The highest BCUT2D eigenvalue weighted by Gasteiger charge is 2.28. The maximum Gasteiger partial charge on any atom is 0.340 e. The normalized spacial score (nSPS) is 11.0. The third kappa shape index (κ3) is 2.92. The summed E-state index contributed by atoms with van der Waals surface area (Å²) in [5.41, 5.74) is 13.2. The Morgan fingerprint density at radius 2 is 2.12 bits per heavy atom. The van der Waals surface area contributed by atoms with Crippen molar-refractivity contribution in [1.29, 1.82) is 0 Å². The predicted octanol–water partition coefficient (Wildman–Crippen LogP) is 3.37. The first kappa shape index (κ1) is 17.9. The average Bonchev–Trinajstić information content (AvgIpc) is 3.22. The molecule has 0 spiro atoms. The molecular formula is C18H19N3O4S. The van der Waals surface area contributed by atoms with Crippen molar-refractivity contribution in [2.45, 2.75) is 26.7 Å². The van der Waals surface area contributed by atoms with E-state index < -0.39 is 11.9 Å². The van der Waals surface area contributed by atoms with E-state index in [1.165, 1.54) is 6.26 Å². The van der Waals surface area contributed by atoms with Crippen molar-refractivity contribution < 1.29 is 18.7 Å². The molecule has 0 aromatic carbocycles. The zero-order valence-corrected chi connectivity index (χ0v) is 15.3. The first-order chi connectivity index (χ1) is 12.5. The summed E-state index contributed by atoms with van der Waals surface area (Å²) in [6.07, 6.45) is 2.86. The van der Waals surface area contributed by atoms with Gasteiger partial charge in [0.15, 0.2) is 0 Å². The number of aryl methyl sites for hydroxylation is 1. The van der Waals surface area contributed by atoms with E-state index in [1.54, 1.807) is 19.1 Å². The predicted molar refractivity (Wildman–Crippen MR) is 100 cm³/mol. The molecule has 0 atom stereocenters. The Morgan fingerprint density at radius 3 is 2.69 bits per heavy atom. The molecule has 0 unspecified atom stereocenters. The highest BCUT2D eigenvalue weighted by molar-refractivity contribution is 7.21. The standard InChI is InChI=1S/C18H19N3O4S/c1-3-6-9-11(18(23)24-4-2)12(10-7-5-8-25-10)13-14(19)15(16(20)22)26-17(13)21-9/h5,7-8H,3-4,6,19H2,1-2H3,(H2,20,22). The Kier molecular flexibility index (Phi) is 4.94. The van der Waals surface area contributed by atoms with Crippen LogP contribution >= 0.6 is 11.3 Å². The number of rotatable bonds is 6. The number of primary amides is 1. The number of anilines is 1. The van der Waals surface area contributed by atoms with Gasteiger partial charge in [-0.2, -0.15) is 0 Å². The van der Waals surface area contributed by atoms with Crippen molar-refractivity contribution >= 4 is 39.1 Å². The molecule has 8 heteroatoms. The summed E-state index contributed by atoms with van der Waals surface area (Å²) in [7, 11) is 0. The van der Waals surface area contributed by atoms with E-state index in [4.69, 9.17) is 20.6 Å². The molecular weight excluding hydrogens is 354 g/mol. The van der Waals surface area contributed by atoms with Gasteiger partial charge in [0.2, 0.25) is 0 Å². The number of hydrogen-bond donors (Lipinski definition) is 2. The minimum absolute atomic E-state index is 0.199. The number of hydrogen-bond acceptors (Lipinski definition) is 7. The number of carbonyl (C=O) groups is 2. The van der Waals surface area contributed by atoms with Gasteiger partial charge in [0, 0.05) is 10.9 Å². The van der Waals surface area contributed by atoms with Gasteiger partial charge in [0.05, 0.1) is 29.8 Å². The molecule has 0 saturated carbocycles. The Morgan fingerprint density at radius 1 is 1.35 bits per heavy atom. The zero-order valence-electron chi connectivity index (χ0n) is 14.5. The number of amides is 1. The van der Waals surface area contributed by atoms with Crippen LogP contribution in [0.15, 0.2) is 22.8 Å². The van der Waals surface area contributed by atoms with Gasteiger partial charge in [-0.05, 0) is 25.5 Å². The topological polar surface area (TPSA) is 121 Å². The van der Waals surface area contributed by atoms with Gasteiger partial charge in [-0.15, -0.1) is 11.3 Å². The van der Waals surface area contributed by atoms with E-state index >= 15 is 0 Å². The highest BCUT2D eigenvalue weighted by Crippen LogP contribution is 2.42. The molecule has 136 valence electrons. The van der Waals surface area contributed by atoms with Crippen LogP contribution in [0.25, 0.3) is 21.5 Å². The van der Waals surface area contributed by atoms with Gasteiger partial charge in [-0.25, -0.2) is 9.78 Å². The molecule has 0 radical (unpaired) electrons. The summed E-state index contributed by atoms with van der Waals surface area (Å²) in [6.45, 7) is 3.96. The molecule has 4 N–H and O–H groups in total. The first-order valence-electron chi connectivity index (χ1n) is 8.25. The molecule has 0 saturated heterocycles. The van der Waals surface area contributed by atoms with E-state index in [-0.39, 0.29) is 17.2 Å². The fourth-order valence-corrected chi connectivity index (χ4v) is 3.87. The number of nitrogens with two attached hydrogens (primary N) is 2. The molecule has 0 bridgehead atoms. The van der Waals surface area contributed by atoms with Crippen molar-refractivity contribution in [3.05, 3.63) is 34.5 Å². The third-order valence-corrected chi connectivity index (χ3v) is 5.02. The number of fused-ring (bicyclic) bond motifs is 1. The molecule has 0 fully saturated rings. The number of nitrogens with zero attached hydrogens (tertiary/aromatic N) is 1. The number of furan rings is 1. The van der Waals surface area contributed by atoms with E-state index in [0.717, 1.165) is 17.8 Å². The van der Waals surface area contributed by atoms with E-state index in [2.05, 4.69) is 4.98 Å². The third-order valence-electron chi connectivity index (χ3n) is 3.91. The number of thiophene rings is 1. The van der Waals surface area contributed by atoms with E-state index in [0.29, 0.717) is 39.2 Å². The molecule has 3 aromatic rings. The lowest BCUT2D eigenvalue weighted by molar-refractivity contribution is 0.0525. The van der Waals surface area contributed by atoms with Crippen molar-refractivity contribution in [3.63, 3.8) is 0 Å². The molecule has 3 heterocycles. The summed E-state index contributed by atoms with van der Waals surface area (Å²) in [4.78, 5) is 29.8. The lowest BCUT2D eigenvalue weighted by Gasteiger charge is -2.13. The van der Waals surface area contributed by atoms with Crippen LogP contribution in [0.4, 0.5) is 5.69 Å². The van der Waals surface area contributed by atoms with Crippen molar-refractivity contribution in [2.24, 2.45) is 5.73 Å². The first-order valence-corrected chi connectivity index (χ1v) is 9.06. The Bertz CT molecular complexity index is 976. The van der Waals surface area contributed by atoms with Gasteiger partial charge >= 0.3 is 5.97 Å². The van der Waals surface area contributed by atoms with Crippen LogP contribution in [0.3, 0.4) is 0 Å². The van der Waals surface area contributed by atoms with Gasteiger partial charge in [-0.3, -0.25) is 4.79 Å². The average molecular weight is 373 g/mol. The lowest BCUT2D eigenvalue weighted by atomic mass is 9.97. The summed E-state index contributed by atoms with van der Waals surface area (Å²) in [6, 6.07) is 3.45. The van der Waals surface area contributed by atoms with Crippen LogP contribution < -0.4 is 11.5 Å². The minimum atomic E-state index is -0.634. The van der Waals surface area contributed by atoms with E-state index in [1.807, 2.05) is 6.92 Å². The van der Waals surface area contributed by atoms with Gasteiger partial charge < -0.3 is 20.6 Å². The van der Waals surface area contributed by atoms with Gasteiger partial charge in [-0.1, -0.05) is 13.3 Å². The second-order valence-electron chi connectivity index (χ2n) is 5.65. The van der Waals surface area contributed by atoms with E-state index in [9.17, 15) is 9.59 Å². The maximum absolute atomic E-state index is 12.7. The Hall–Kier alpha value is -2.87. The van der Waals surface area contributed by atoms with Crippen LogP contribution in [0.2, 0.25) is 0 Å². The monoisotopic (exact) mass is 373 g/mol. The van der Waals surface area contributed by atoms with Gasteiger partial charge in [0.1, 0.15) is 15.5 Å². The largest absolute Gasteiger partial charge is 0.464 e. The highest BCUT2D eigenvalue weighted by atomic mass is 32.1. The number of nitrogen functional groups attached to an aromatic ring is 1. The number of esters is 1. The van der Waals surface area contributed by atoms with Crippen molar-refractivity contribution in [1.82, 2.24) is 4.98 Å². The van der Waals surface area contributed by atoms with Gasteiger partial charge in [0.25, 0.3) is 5.91 Å². The number of pyridine rings is 1. The van der Waals surface area contributed by atoms with Crippen molar-refractivity contribution in [3.8, 4) is 11.3 Å². The molecule has 0 aliphatic rings. The number of carbonyl (C=O) groups excluding carboxylic acids is 2. The fraction of sp³-hybridized carbons (Fsp3) is 0.278. The minimum Gasteiger partial charge on any atom is -0.464 e. The molecule has 26 heavy (non-hydrogen) atoms. The molecule has 3 aromatic heterocycles. The summed E-state index contributed by atoms with van der Waals surface area (Å²) >= 11 is 1.11. The maximum atomic E-state index is 12.7. The van der Waals surface area contributed by atoms with Crippen LogP contribution in [0.1, 0.15) is 46.0 Å². The SMILES string of the molecule is CCCc1nc2sc(C(N)=O)c(N)c2c(-c2ccco2)c1C(=O)OCC.